The molecule has 2 aromatic carbocycles. The zero-order chi connectivity index (χ0) is 19.8. The largest absolute Gasteiger partial charge is 0.378 e. The van der Waals surface area contributed by atoms with Crippen LogP contribution in [0.3, 0.4) is 0 Å². The molecule has 6 nitrogen and oxygen atoms in total. The minimum Gasteiger partial charge on any atom is -0.378 e. The van der Waals surface area contributed by atoms with Gasteiger partial charge in [-0.15, -0.1) is 0 Å². The van der Waals surface area contributed by atoms with E-state index >= 15 is 0 Å². The molecule has 1 unspecified atom stereocenters. The first-order valence-electron chi connectivity index (χ1n) is 9.14. The molecular formula is C21H29N4O2+. The van der Waals surface area contributed by atoms with Gasteiger partial charge < -0.3 is 20.4 Å². The van der Waals surface area contributed by atoms with Crippen LogP contribution in [-0.2, 0) is 11.3 Å². The summed E-state index contributed by atoms with van der Waals surface area (Å²) in [5.74, 6) is -0.219. The lowest BCUT2D eigenvalue weighted by Gasteiger charge is -2.16. The molecule has 2 aromatic rings. The summed E-state index contributed by atoms with van der Waals surface area (Å²) in [4.78, 5) is 27.4. The second-order valence-electron chi connectivity index (χ2n) is 6.86. The van der Waals surface area contributed by atoms with Gasteiger partial charge in [-0.2, -0.15) is 0 Å². The lowest BCUT2D eigenvalue weighted by molar-refractivity contribution is -0.885. The van der Waals surface area contributed by atoms with Gasteiger partial charge in [0.1, 0.15) is 6.54 Å². The second kappa shape index (κ2) is 9.73. The number of rotatable bonds is 8. The van der Waals surface area contributed by atoms with Crippen LogP contribution in [-0.4, -0.2) is 46.0 Å². The van der Waals surface area contributed by atoms with Crippen LogP contribution in [0.1, 0.15) is 22.8 Å². The first kappa shape index (κ1) is 20.5. The van der Waals surface area contributed by atoms with Crippen LogP contribution in [0, 0.1) is 0 Å². The molecular weight excluding hydrogens is 340 g/mol. The van der Waals surface area contributed by atoms with Crippen LogP contribution in [0.25, 0.3) is 0 Å². The van der Waals surface area contributed by atoms with Crippen molar-refractivity contribution >= 4 is 23.2 Å². The summed E-state index contributed by atoms with van der Waals surface area (Å²) in [6, 6.07) is 15.3. The van der Waals surface area contributed by atoms with Gasteiger partial charge in [0, 0.05) is 43.1 Å². The Kier molecular flexibility index (Phi) is 7.37. The molecule has 0 aromatic heterocycles. The van der Waals surface area contributed by atoms with Crippen LogP contribution in [0.15, 0.2) is 48.5 Å². The van der Waals surface area contributed by atoms with E-state index in [1.54, 1.807) is 24.3 Å². The number of benzene rings is 2. The monoisotopic (exact) mass is 369 g/mol. The third kappa shape index (κ3) is 6.42. The number of hydrogen-bond acceptors (Lipinski definition) is 3. The van der Waals surface area contributed by atoms with E-state index in [-0.39, 0.29) is 11.8 Å². The fourth-order valence-electron chi connectivity index (χ4n) is 2.80. The van der Waals surface area contributed by atoms with E-state index in [2.05, 4.69) is 39.8 Å². The Labute approximate surface area is 161 Å². The van der Waals surface area contributed by atoms with Crippen LogP contribution in [0.5, 0.6) is 0 Å². The molecule has 0 bridgehead atoms. The van der Waals surface area contributed by atoms with Crippen LogP contribution in [0.4, 0.5) is 11.4 Å². The van der Waals surface area contributed by atoms with Crippen molar-refractivity contribution in [1.29, 1.82) is 0 Å². The maximum absolute atomic E-state index is 12.3. The number of carbonyl (C=O) groups excluding carboxylic acids is 2. The summed E-state index contributed by atoms with van der Waals surface area (Å²) in [5.41, 5.74) is 3.51. The van der Waals surface area contributed by atoms with Gasteiger partial charge in [-0.05, 0) is 37.3 Å². The number of amides is 2. The number of hydrogen-bond donors (Lipinski definition) is 3. The van der Waals surface area contributed by atoms with Gasteiger partial charge in [0.2, 0.25) is 0 Å². The standard InChI is InChI=1S/C21H28N4O2/c1-5-22-21(27)17-7-6-8-18(13-17)23-20(26)15-25(4)14-16-9-11-19(12-10-16)24(2)3/h6-13H,5,14-15H2,1-4H3,(H,22,27)(H,23,26)/p+1. The molecule has 1 atom stereocenters. The average molecular weight is 369 g/mol. The van der Waals surface area contributed by atoms with Crippen molar-refractivity contribution in [2.24, 2.45) is 0 Å². The van der Waals surface area contributed by atoms with E-state index in [0.29, 0.717) is 24.3 Å². The third-order valence-electron chi connectivity index (χ3n) is 4.17. The molecule has 0 heterocycles. The zero-order valence-corrected chi connectivity index (χ0v) is 16.5. The molecule has 6 heteroatoms. The van der Waals surface area contributed by atoms with E-state index in [9.17, 15) is 9.59 Å². The van der Waals surface area contributed by atoms with Crippen molar-refractivity contribution in [2.75, 3.05) is 44.4 Å². The van der Waals surface area contributed by atoms with Crippen molar-refractivity contribution in [3.05, 3.63) is 59.7 Å². The summed E-state index contributed by atoms with van der Waals surface area (Å²) < 4.78 is 0. The molecule has 27 heavy (non-hydrogen) atoms. The minimum absolute atomic E-state index is 0.0783. The van der Waals surface area contributed by atoms with Crippen LogP contribution >= 0.6 is 0 Å². The van der Waals surface area contributed by atoms with Gasteiger partial charge in [0.15, 0.2) is 6.54 Å². The van der Waals surface area contributed by atoms with Gasteiger partial charge in [0.05, 0.1) is 7.05 Å². The normalized spacial score (nSPS) is 11.6. The number of likely N-dealkylation sites (N-methyl/N-ethyl adjacent to an activating group) is 1. The Morgan fingerprint density at radius 2 is 1.78 bits per heavy atom. The van der Waals surface area contributed by atoms with Crippen molar-refractivity contribution in [3.63, 3.8) is 0 Å². The highest BCUT2D eigenvalue weighted by Gasteiger charge is 2.12. The van der Waals surface area contributed by atoms with Crippen molar-refractivity contribution in [1.82, 2.24) is 5.32 Å². The molecule has 3 N–H and O–H groups in total. The molecule has 0 spiro atoms. The third-order valence-corrected chi connectivity index (χ3v) is 4.17. The molecule has 2 amide bonds. The highest BCUT2D eigenvalue weighted by atomic mass is 16.2. The van der Waals surface area contributed by atoms with E-state index < -0.39 is 0 Å². The molecule has 0 aliphatic carbocycles. The second-order valence-corrected chi connectivity index (χ2v) is 6.86. The molecule has 0 saturated heterocycles. The van der Waals surface area contributed by atoms with E-state index in [1.165, 1.54) is 5.56 Å². The van der Waals surface area contributed by atoms with Crippen molar-refractivity contribution < 1.29 is 14.5 Å². The van der Waals surface area contributed by atoms with E-state index in [4.69, 9.17) is 0 Å². The Morgan fingerprint density at radius 1 is 1.07 bits per heavy atom. The topological polar surface area (TPSA) is 65.9 Å². The number of quaternary nitrogens is 1. The number of carbonyl (C=O) groups is 2. The first-order valence-corrected chi connectivity index (χ1v) is 9.14. The number of anilines is 2. The van der Waals surface area contributed by atoms with Gasteiger partial charge in [-0.1, -0.05) is 18.2 Å². The molecule has 2 rings (SSSR count). The number of nitrogens with zero attached hydrogens (tertiary/aromatic N) is 1. The summed E-state index contributed by atoms with van der Waals surface area (Å²) in [5, 5.41) is 5.63. The molecule has 0 aliphatic rings. The Balaban J connectivity index is 1.89. The molecule has 0 saturated carbocycles. The molecule has 0 aliphatic heterocycles. The van der Waals surface area contributed by atoms with Gasteiger partial charge >= 0.3 is 0 Å². The van der Waals surface area contributed by atoms with Crippen LogP contribution in [0.2, 0.25) is 0 Å². The van der Waals surface area contributed by atoms with Crippen molar-refractivity contribution in [3.8, 4) is 0 Å². The fraction of sp³-hybridized carbons (Fsp3) is 0.333. The van der Waals surface area contributed by atoms with E-state index in [0.717, 1.165) is 17.1 Å². The molecule has 144 valence electrons. The predicted molar refractivity (Wildman–Crippen MR) is 109 cm³/mol. The Hall–Kier alpha value is -2.86. The highest BCUT2D eigenvalue weighted by molar-refractivity contribution is 5.97. The average Bonchev–Trinajstić information content (AvgIpc) is 2.62. The summed E-state index contributed by atoms with van der Waals surface area (Å²) in [7, 11) is 6.01. The summed E-state index contributed by atoms with van der Waals surface area (Å²) in [6.45, 7) is 3.55. The lowest BCUT2D eigenvalue weighted by atomic mass is 10.2. The summed E-state index contributed by atoms with van der Waals surface area (Å²) in [6.07, 6.45) is 0. The fourth-order valence-corrected chi connectivity index (χ4v) is 2.80. The number of nitrogens with one attached hydrogen (secondary N) is 3. The SMILES string of the molecule is CCNC(=O)c1cccc(NC(=O)C[NH+](C)Cc2ccc(N(C)C)cc2)c1. The minimum atomic E-state index is -0.141. The van der Waals surface area contributed by atoms with E-state index in [1.807, 2.05) is 28.1 Å². The van der Waals surface area contributed by atoms with Gasteiger partial charge in [0.25, 0.3) is 11.8 Å². The quantitative estimate of drug-likeness (QED) is 0.654. The Bertz CT molecular complexity index is 772. The van der Waals surface area contributed by atoms with Gasteiger partial charge in [-0.25, -0.2) is 0 Å². The summed E-state index contributed by atoms with van der Waals surface area (Å²) >= 11 is 0. The molecule has 0 radical (unpaired) electrons. The van der Waals surface area contributed by atoms with Crippen molar-refractivity contribution in [2.45, 2.75) is 13.5 Å². The predicted octanol–water partition coefficient (Wildman–Crippen LogP) is 1.16. The highest BCUT2D eigenvalue weighted by Crippen LogP contribution is 2.12. The molecule has 0 fully saturated rings. The maximum atomic E-state index is 12.3. The smallest absolute Gasteiger partial charge is 0.279 e. The lowest BCUT2D eigenvalue weighted by Crippen LogP contribution is -3.08. The maximum Gasteiger partial charge on any atom is 0.279 e. The zero-order valence-electron chi connectivity index (χ0n) is 16.5. The first-order chi connectivity index (χ1) is 12.9. The van der Waals surface area contributed by atoms with Crippen LogP contribution < -0.4 is 20.4 Å². The van der Waals surface area contributed by atoms with Gasteiger partial charge in [-0.3, -0.25) is 9.59 Å². The Morgan fingerprint density at radius 3 is 2.41 bits per heavy atom.